The summed E-state index contributed by atoms with van der Waals surface area (Å²) in [4.78, 5) is 13.5. The molecular formula is C18H19N5O2. The van der Waals surface area contributed by atoms with E-state index in [-0.39, 0.29) is 6.10 Å². The SMILES string of the molecule is Cc1cc(NCc2noc(C3CCCO3)n2)nc(-c2ccccc2)n1. The lowest BCUT2D eigenvalue weighted by Crippen LogP contribution is -2.05. The molecule has 1 saturated heterocycles. The summed E-state index contributed by atoms with van der Waals surface area (Å²) < 4.78 is 10.9. The number of ether oxygens (including phenoxy) is 1. The van der Waals surface area contributed by atoms with Gasteiger partial charge in [-0.05, 0) is 19.8 Å². The third-order valence-electron chi connectivity index (χ3n) is 4.00. The van der Waals surface area contributed by atoms with Crippen LogP contribution in [0.1, 0.15) is 36.4 Å². The van der Waals surface area contributed by atoms with Gasteiger partial charge in [0.15, 0.2) is 11.6 Å². The number of benzene rings is 1. The van der Waals surface area contributed by atoms with Crippen LogP contribution in [-0.2, 0) is 11.3 Å². The molecule has 0 spiro atoms. The monoisotopic (exact) mass is 337 g/mol. The van der Waals surface area contributed by atoms with Crippen LogP contribution in [0.2, 0.25) is 0 Å². The van der Waals surface area contributed by atoms with Crippen LogP contribution in [0, 0.1) is 6.92 Å². The van der Waals surface area contributed by atoms with Crippen LogP contribution in [0.3, 0.4) is 0 Å². The second kappa shape index (κ2) is 6.98. The van der Waals surface area contributed by atoms with Crippen molar-refractivity contribution in [2.24, 2.45) is 0 Å². The zero-order valence-corrected chi connectivity index (χ0v) is 14.0. The summed E-state index contributed by atoms with van der Waals surface area (Å²) in [7, 11) is 0. The van der Waals surface area contributed by atoms with Gasteiger partial charge >= 0.3 is 0 Å². The molecule has 3 aromatic rings. The van der Waals surface area contributed by atoms with Gasteiger partial charge in [0, 0.05) is 23.9 Å². The van der Waals surface area contributed by atoms with Crippen LogP contribution in [0.4, 0.5) is 5.82 Å². The molecule has 0 bridgehead atoms. The Morgan fingerprint density at radius 3 is 2.84 bits per heavy atom. The maximum atomic E-state index is 5.56. The molecule has 0 saturated carbocycles. The third-order valence-corrected chi connectivity index (χ3v) is 4.00. The van der Waals surface area contributed by atoms with E-state index in [1.807, 2.05) is 43.3 Å². The van der Waals surface area contributed by atoms with E-state index < -0.39 is 0 Å². The normalized spacial score (nSPS) is 16.9. The van der Waals surface area contributed by atoms with Crippen molar-refractivity contribution in [3.05, 3.63) is 53.8 Å². The number of aryl methyl sites for hydroxylation is 1. The molecule has 1 aliphatic heterocycles. The minimum Gasteiger partial charge on any atom is -0.368 e. The molecule has 2 aromatic heterocycles. The highest BCUT2D eigenvalue weighted by Gasteiger charge is 2.23. The fourth-order valence-electron chi connectivity index (χ4n) is 2.79. The Hall–Kier alpha value is -2.80. The molecule has 1 unspecified atom stereocenters. The van der Waals surface area contributed by atoms with Crippen molar-refractivity contribution < 1.29 is 9.26 Å². The number of nitrogens with zero attached hydrogens (tertiary/aromatic N) is 4. The van der Waals surface area contributed by atoms with Crippen LogP contribution >= 0.6 is 0 Å². The highest BCUT2D eigenvalue weighted by molar-refractivity contribution is 5.57. The molecule has 0 aliphatic carbocycles. The van der Waals surface area contributed by atoms with Crippen molar-refractivity contribution in [3.8, 4) is 11.4 Å². The highest BCUT2D eigenvalue weighted by Crippen LogP contribution is 2.27. The third kappa shape index (κ3) is 3.66. The van der Waals surface area contributed by atoms with Gasteiger partial charge in [0.1, 0.15) is 11.9 Å². The number of aromatic nitrogens is 4. The smallest absolute Gasteiger partial charge is 0.255 e. The van der Waals surface area contributed by atoms with Gasteiger partial charge in [-0.25, -0.2) is 9.97 Å². The molecule has 128 valence electrons. The van der Waals surface area contributed by atoms with E-state index in [1.54, 1.807) is 0 Å². The second-order valence-electron chi connectivity index (χ2n) is 5.99. The van der Waals surface area contributed by atoms with Crippen molar-refractivity contribution in [1.82, 2.24) is 20.1 Å². The molecule has 7 heteroatoms. The molecule has 4 rings (SSSR count). The fourth-order valence-corrected chi connectivity index (χ4v) is 2.79. The Kier molecular flexibility index (Phi) is 4.39. The molecule has 0 amide bonds. The van der Waals surface area contributed by atoms with E-state index in [1.165, 1.54) is 0 Å². The Morgan fingerprint density at radius 1 is 1.16 bits per heavy atom. The maximum absolute atomic E-state index is 5.56. The van der Waals surface area contributed by atoms with Gasteiger partial charge in [0.05, 0.1) is 6.54 Å². The highest BCUT2D eigenvalue weighted by atomic mass is 16.5. The van der Waals surface area contributed by atoms with Crippen molar-refractivity contribution in [1.29, 1.82) is 0 Å². The molecule has 1 fully saturated rings. The number of rotatable bonds is 5. The molecule has 7 nitrogen and oxygen atoms in total. The van der Waals surface area contributed by atoms with Crippen molar-refractivity contribution in [3.63, 3.8) is 0 Å². The van der Waals surface area contributed by atoms with Gasteiger partial charge in [-0.1, -0.05) is 35.5 Å². The quantitative estimate of drug-likeness (QED) is 0.764. The second-order valence-corrected chi connectivity index (χ2v) is 5.99. The number of anilines is 1. The number of hydrogen-bond acceptors (Lipinski definition) is 7. The van der Waals surface area contributed by atoms with Gasteiger partial charge in [-0.15, -0.1) is 0 Å². The van der Waals surface area contributed by atoms with Gasteiger partial charge in [0.2, 0.25) is 0 Å². The summed E-state index contributed by atoms with van der Waals surface area (Å²) in [6.45, 7) is 3.13. The van der Waals surface area contributed by atoms with Crippen LogP contribution < -0.4 is 5.32 Å². The van der Waals surface area contributed by atoms with E-state index in [2.05, 4.69) is 25.4 Å². The fraction of sp³-hybridized carbons (Fsp3) is 0.333. The molecule has 1 aliphatic rings. The first-order chi connectivity index (χ1) is 12.3. The molecule has 25 heavy (non-hydrogen) atoms. The minimum atomic E-state index is -0.0628. The van der Waals surface area contributed by atoms with Crippen LogP contribution in [-0.4, -0.2) is 26.7 Å². The predicted octanol–water partition coefficient (Wildman–Crippen LogP) is 3.30. The minimum absolute atomic E-state index is 0.0628. The van der Waals surface area contributed by atoms with Gasteiger partial charge < -0.3 is 14.6 Å². The Labute approximate surface area is 145 Å². The molecule has 1 N–H and O–H groups in total. The summed E-state index contributed by atoms with van der Waals surface area (Å²) in [6.07, 6.45) is 1.90. The summed E-state index contributed by atoms with van der Waals surface area (Å²) in [5.74, 6) is 2.56. The lowest BCUT2D eigenvalue weighted by molar-refractivity contribution is 0.0835. The lowest BCUT2D eigenvalue weighted by atomic mass is 10.2. The van der Waals surface area contributed by atoms with Gasteiger partial charge in [-0.3, -0.25) is 0 Å². The average molecular weight is 337 g/mol. The Morgan fingerprint density at radius 2 is 2.04 bits per heavy atom. The van der Waals surface area contributed by atoms with Crippen molar-refractivity contribution >= 4 is 5.82 Å². The van der Waals surface area contributed by atoms with Crippen molar-refractivity contribution in [2.45, 2.75) is 32.4 Å². The van der Waals surface area contributed by atoms with Gasteiger partial charge in [0.25, 0.3) is 5.89 Å². The van der Waals surface area contributed by atoms with Crippen LogP contribution in [0.15, 0.2) is 40.9 Å². The molecular weight excluding hydrogens is 318 g/mol. The van der Waals surface area contributed by atoms with Crippen LogP contribution in [0.25, 0.3) is 11.4 Å². The zero-order chi connectivity index (χ0) is 17.1. The van der Waals surface area contributed by atoms with E-state index in [0.717, 1.165) is 36.5 Å². The summed E-state index contributed by atoms with van der Waals surface area (Å²) in [5, 5.41) is 7.25. The Balaban J connectivity index is 1.47. The number of nitrogens with one attached hydrogen (secondary N) is 1. The largest absolute Gasteiger partial charge is 0.368 e. The standard InChI is InChI=1S/C18H19N5O2/c1-12-10-15(21-17(20-12)13-6-3-2-4-7-13)19-11-16-22-18(25-23-16)14-8-5-9-24-14/h2-4,6-7,10,14H,5,8-9,11H2,1H3,(H,19,20,21). The van der Waals surface area contributed by atoms with Gasteiger partial charge in [-0.2, -0.15) is 4.98 Å². The topological polar surface area (TPSA) is 86.0 Å². The molecule has 1 aromatic carbocycles. The average Bonchev–Trinajstić information content (AvgIpc) is 3.32. The summed E-state index contributed by atoms with van der Waals surface area (Å²) >= 11 is 0. The number of hydrogen-bond donors (Lipinski definition) is 1. The van der Waals surface area contributed by atoms with E-state index >= 15 is 0 Å². The first-order valence-corrected chi connectivity index (χ1v) is 8.37. The van der Waals surface area contributed by atoms with E-state index in [9.17, 15) is 0 Å². The predicted molar refractivity (Wildman–Crippen MR) is 91.8 cm³/mol. The van der Waals surface area contributed by atoms with Crippen LogP contribution in [0.5, 0.6) is 0 Å². The first kappa shape index (κ1) is 15.7. The van der Waals surface area contributed by atoms with Crippen molar-refractivity contribution in [2.75, 3.05) is 11.9 Å². The molecule has 1 atom stereocenters. The Bertz CT molecular complexity index is 844. The maximum Gasteiger partial charge on any atom is 0.255 e. The first-order valence-electron chi connectivity index (χ1n) is 8.37. The molecule has 3 heterocycles. The lowest BCUT2D eigenvalue weighted by Gasteiger charge is -2.07. The van der Waals surface area contributed by atoms with E-state index in [4.69, 9.17) is 9.26 Å². The zero-order valence-electron chi connectivity index (χ0n) is 14.0. The van der Waals surface area contributed by atoms with E-state index in [0.29, 0.717) is 24.1 Å². The summed E-state index contributed by atoms with van der Waals surface area (Å²) in [5.41, 5.74) is 1.87. The molecule has 0 radical (unpaired) electrons. The summed E-state index contributed by atoms with van der Waals surface area (Å²) in [6, 6.07) is 11.8.